The Labute approximate surface area is 108 Å². The third kappa shape index (κ3) is 4.32. The van der Waals surface area contributed by atoms with E-state index in [-0.39, 0.29) is 11.6 Å². The summed E-state index contributed by atoms with van der Waals surface area (Å²) in [6.07, 6.45) is 0. The minimum atomic E-state index is -0.295. The Kier molecular flexibility index (Phi) is 5.64. The van der Waals surface area contributed by atoms with Crippen molar-refractivity contribution in [1.29, 1.82) is 0 Å². The molecule has 0 amide bonds. The summed E-state index contributed by atoms with van der Waals surface area (Å²) in [4.78, 5) is 0. The van der Waals surface area contributed by atoms with Crippen LogP contribution < -0.4 is 5.32 Å². The highest BCUT2D eigenvalue weighted by molar-refractivity contribution is 4.91. The van der Waals surface area contributed by atoms with Gasteiger partial charge in [0.2, 0.25) is 0 Å². The molecule has 1 aromatic heterocycles. The fourth-order valence-corrected chi connectivity index (χ4v) is 1.53. The van der Waals surface area contributed by atoms with Crippen LogP contribution in [-0.4, -0.2) is 53.2 Å². The van der Waals surface area contributed by atoms with Crippen molar-refractivity contribution in [2.75, 3.05) is 27.4 Å². The zero-order valence-corrected chi connectivity index (χ0v) is 11.8. The first kappa shape index (κ1) is 15.0. The molecule has 0 aliphatic heterocycles. The lowest BCUT2D eigenvalue weighted by Gasteiger charge is -2.23. The largest absolute Gasteiger partial charge is 0.383 e. The maximum absolute atomic E-state index is 5.39. The Hall–Kier alpha value is -1.05. The summed E-state index contributed by atoms with van der Waals surface area (Å²) in [7, 11) is 3.36. The quantitative estimate of drug-likeness (QED) is 0.679. The molecule has 0 saturated heterocycles. The lowest BCUT2D eigenvalue weighted by Crippen LogP contribution is -2.32. The Morgan fingerprint density at radius 1 is 1.39 bits per heavy atom. The second-order valence-corrected chi connectivity index (χ2v) is 4.83. The number of hydrogen-bond donors (Lipinski definition) is 1. The molecule has 0 bridgehead atoms. The molecular formula is C11H23N5O2. The molecule has 1 unspecified atom stereocenters. The minimum Gasteiger partial charge on any atom is -0.383 e. The van der Waals surface area contributed by atoms with Gasteiger partial charge in [0.05, 0.1) is 24.8 Å². The number of methoxy groups -OCH3 is 2. The summed E-state index contributed by atoms with van der Waals surface area (Å²) in [5.74, 6) is 0.802. The maximum atomic E-state index is 5.39. The average Bonchev–Trinajstić information content (AvgIpc) is 2.76. The summed E-state index contributed by atoms with van der Waals surface area (Å²) >= 11 is 0. The van der Waals surface area contributed by atoms with Crippen LogP contribution in [0.25, 0.3) is 0 Å². The summed E-state index contributed by atoms with van der Waals surface area (Å²) < 4.78 is 12.2. The van der Waals surface area contributed by atoms with Gasteiger partial charge in [-0.2, -0.15) is 0 Å². The Morgan fingerprint density at radius 2 is 2.11 bits per heavy atom. The third-order valence-electron chi connectivity index (χ3n) is 2.79. The standard InChI is InChI=1S/C11H23N5O2/c1-9(12-6-7-17-4)10-13-14-15-16(10)8-11(2,3)18-5/h9,12H,6-8H2,1-5H3. The Bertz CT molecular complexity index is 353. The topological polar surface area (TPSA) is 74.1 Å². The molecule has 7 heteroatoms. The van der Waals surface area contributed by atoms with E-state index >= 15 is 0 Å². The van der Waals surface area contributed by atoms with E-state index in [0.717, 1.165) is 12.4 Å². The van der Waals surface area contributed by atoms with Crippen molar-refractivity contribution >= 4 is 0 Å². The van der Waals surface area contributed by atoms with E-state index in [2.05, 4.69) is 20.8 Å². The molecule has 0 radical (unpaired) electrons. The van der Waals surface area contributed by atoms with Crippen LogP contribution in [0.15, 0.2) is 0 Å². The van der Waals surface area contributed by atoms with Crippen molar-refractivity contribution in [2.45, 2.75) is 39.0 Å². The minimum absolute atomic E-state index is 0.0720. The van der Waals surface area contributed by atoms with Crippen molar-refractivity contribution in [2.24, 2.45) is 0 Å². The molecule has 18 heavy (non-hydrogen) atoms. The molecule has 0 saturated carbocycles. The van der Waals surface area contributed by atoms with Gasteiger partial charge in [-0.3, -0.25) is 0 Å². The van der Waals surface area contributed by atoms with Gasteiger partial charge < -0.3 is 14.8 Å². The molecule has 1 heterocycles. The maximum Gasteiger partial charge on any atom is 0.168 e. The molecule has 1 N–H and O–H groups in total. The highest BCUT2D eigenvalue weighted by Gasteiger charge is 2.22. The van der Waals surface area contributed by atoms with Crippen molar-refractivity contribution in [3.8, 4) is 0 Å². The lowest BCUT2D eigenvalue weighted by atomic mass is 10.1. The number of tetrazole rings is 1. The zero-order chi connectivity index (χ0) is 13.6. The number of rotatable bonds is 8. The average molecular weight is 257 g/mol. The van der Waals surface area contributed by atoms with Crippen molar-refractivity contribution in [3.05, 3.63) is 5.82 Å². The monoisotopic (exact) mass is 257 g/mol. The molecule has 0 aromatic carbocycles. The van der Waals surface area contributed by atoms with E-state index in [1.807, 2.05) is 20.8 Å². The second-order valence-electron chi connectivity index (χ2n) is 4.83. The van der Waals surface area contributed by atoms with Crippen LogP contribution in [0, 0.1) is 0 Å². The SMILES string of the molecule is COCCNC(C)c1nnnn1CC(C)(C)OC. The van der Waals surface area contributed by atoms with Gasteiger partial charge in [0.25, 0.3) is 0 Å². The molecule has 1 aromatic rings. The van der Waals surface area contributed by atoms with Gasteiger partial charge in [-0.15, -0.1) is 5.10 Å². The van der Waals surface area contributed by atoms with Crippen LogP contribution >= 0.6 is 0 Å². The molecule has 0 fully saturated rings. The van der Waals surface area contributed by atoms with E-state index in [1.54, 1.807) is 18.9 Å². The van der Waals surface area contributed by atoms with Crippen LogP contribution in [-0.2, 0) is 16.0 Å². The van der Waals surface area contributed by atoms with E-state index in [9.17, 15) is 0 Å². The fourth-order valence-electron chi connectivity index (χ4n) is 1.53. The summed E-state index contributed by atoms with van der Waals surface area (Å²) in [6.45, 7) is 8.07. The van der Waals surface area contributed by atoms with Gasteiger partial charge in [0, 0.05) is 20.8 Å². The van der Waals surface area contributed by atoms with Crippen LogP contribution in [0.5, 0.6) is 0 Å². The van der Waals surface area contributed by atoms with E-state index in [1.165, 1.54) is 0 Å². The summed E-state index contributed by atoms with van der Waals surface area (Å²) in [6, 6.07) is 0.0720. The third-order valence-corrected chi connectivity index (χ3v) is 2.79. The number of nitrogens with zero attached hydrogens (tertiary/aromatic N) is 4. The van der Waals surface area contributed by atoms with E-state index in [0.29, 0.717) is 13.2 Å². The number of hydrogen-bond acceptors (Lipinski definition) is 6. The molecule has 0 aliphatic carbocycles. The summed E-state index contributed by atoms with van der Waals surface area (Å²) in [5.41, 5.74) is -0.295. The predicted octanol–water partition coefficient (Wildman–Crippen LogP) is 0.395. The Morgan fingerprint density at radius 3 is 2.72 bits per heavy atom. The van der Waals surface area contributed by atoms with Gasteiger partial charge in [0.15, 0.2) is 5.82 Å². The van der Waals surface area contributed by atoms with Crippen LogP contribution in [0.3, 0.4) is 0 Å². The predicted molar refractivity (Wildman–Crippen MR) is 67.2 cm³/mol. The fraction of sp³-hybridized carbons (Fsp3) is 0.909. The molecule has 104 valence electrons. The second kappa shape index (κ2) is 6.77. The number of aromatic nitrogens is 4. The van der Waals surface area contributed by atoms with Crippen molar-refractivity contribution in [3.63, 3.8) is 0 Å². The smallest absolute Gasteiger partial charge is 0.168 e. The molecule has 0 aliphatic rings. The first-order valence-corrected chi connectivity index (χ1v) is 6.03. The van der Waals surface area contributed by atoms with Crippen molar-refractivity contribution < 1.29 is 9.47 Å². The van der Waals surface area contributed by atoms with Crippen molar-refractivity contribution in [1.82, 2.24) is 25.5 Å². The lowest BCUT2D eigenvalue weighted by molar-refractivity contribution is 0.00398. The normalized spacial score (nSPS) is 13.8. The van der Waals surface area contributed by atoms with E-state index in [4.69, 9.17) is 9.47 Å². The highest BCUT2D eigenvalue weighted by Crippen LogP contribution is 2.14. The van der Waals surface area contributed by atoms with Gasteiger partial charge in [0.1, 0.15) is 0 Å². The molecule has 1 atom stereocenters. The number of nitrogens with one attached hydrogen (secondary N) is 1. The molecule has 1 rings (SSSR count). The molecule has 7 nitrogen and oxygen atoms in total. The Balaban J connectivity index is 2.64. The van der Waals surface area contributed by atoms with Gasteiger partial charge in [-0.05, 0) is 31.2 Å². The van der Waals surface area contributed by atoms with Gasteiger partial charge in [-0.1, -0.05) is 0 Å². The zero-order valence-electron chi connectivity index (χ0n) is 11.8. The number of ether oxygens (including phenoxy) is 2. The highest BCUT2D eigenvalue weighted by atomic mass is 16.5. The summed E-state index contributed by atoms with van der Waals surface area (Å²) in [5, 5.41) is 15.1. The van der Waals surface area contributed by atoms with Crippen LogP contribution in [0.2, 0.25) is 0 Å². The van der Waals surface area contributed by atoms with Gasteiger partial charge in [-0.25, -0.2) is 4.68 Å². The van der Waals surface area contributed by atoms with Crippen LogP contribution in [0.1, 0.15) is 32.6 Å². The first-order valence-electron chi connectivity index (χ1n) is 6.03. The first-order chi connectivity index (χ1) is 8.50. The molecule has 0 spiro atoms. The van der Waals surface area contributed by atoms with Crippen LogP contribution in [0.4, 0.5) is 0 Å². The molecular weight excluding hydrogens is 234 g/mol. The van der Waals surface area contributed by atoms with E-state index < -0.39 is 0 Å². The van der Waals surface area contributed by atoms with Gasteiger partial charge >= 0.3 is 0 Å².